The van der Waals surface area contributed by atoms with E-state index in [9.17, 15) is 10.1 Å². The first kappa shape index (κ1) is 17.9. The van der Waals surface area contributed by atoms with Crippen LogP contribution in [0.25, 0.3) is 22.4 Å². The number of hydrogen-bond donors (Lipinski definition) is 0. The van der Waals surface area contributed by atoms with Gasteiger partial charge >= 0.3 is 0 Å². The van der Waals surface area contributed by atoms with E-state index in [1.54, 1.807) is 12.1 Å². The number of rotatable bonds is 6. The monoisotopic (exact) mass is 378 g/mol. The molecule has 0 saturated carbocycles. The summed E-state index contributed by atoms with van der Waals surface area (Å²) in [6.45, 7) is 2.49. The molecule has 0 amide bonds. The molecule has 8 heteroatoms. The van der Waals surface area contributed by atoms with E-state index in [2.05, 4.69) is 10.1 Å². The van der Waals surface area contributed by atoms with Crippen LogP contribution in [-0.2, 0) is 6.54 Å². The SMILES string of the molecule is CC(c1cc2ccccc2o1)N(C)Cc1nc(-c2ccc([N+](=O)[O-])cc2)no1. The summed E-state index contributed by atoms with van der Waals surface area (Å²) in [4.78, 5) is 16.8. The second kappa shape index (κ2) is 7.24. The van der Waals surface area contributed by atoms with Gasteiger partial charge in [0.2, 0.25) is 11.7 Å². The molecule has 8 nitrogen and oxygen atoms in total. The second-order valence-corrected chi connectivity index (χ2v) is 6.59. The van der Waals surface area contributed by atoms with Gasteiger partial charge < -0.3 is 8.94 Å². The minimum absolute atomic E-state index is 0.0159. The van der Waals surface area contributed by atoms with Crippen LogP contribution in [0, 0.1) is 10.1 Å². The molecule has 0 fully saturated rings. The van der Waals surface area contributed by atoms with Gasteiger partial charge in [0.1, 0.15) is 11.3 Å². The van der Waals surface area contributed by atoms with Crippen LogP contribution < -0.4 is 0 Å². The fraction of sp³-hybridized carbons (Fsp3) is 0.200. The molecule has 0 aliphatic carbocycles. The zero-order valence-electron chi connectivity index (χ0n) is 15.4. The summed E-state index contributed by atoms with van der Waals surface area (Å²) in [6, 6.07) is 16.0. The number of benzene rings is 2. The van der Waals surface area contributed by atoms with Crippen LogP contribution in [0.15, 0.2) is 63.5 Å². The lowest BCUT2D eigenvalue weighted by Crippen LogP contribution is -2.21. The first-order valence-corrected chi connectivity index (χ1v) is 8.77. The molecule has 0 N–H and O–H groups in total. The Labute approximate surface area is 160 Å². The van der Waals surface area contributed by atoms with Crippen molar-refractivity contribution in [2.24, 2.45) is 0 Å². The van der Waals surface area contributed by atoms with Gasteiger partial charge in [-0.2, -0.15) is 4.98 Å². The molecular weight excluding hydrogens is 360 g/mol. The molecule has 28 heavy (non-hydrogen) atoms. The first-order valence-electron chi connectivity index (χ1n) is 8.77. The number of aromatic nitrogens is 2. The van der Waals surface area contributed by atoms with Crippen molar-refractivity contribution in [2.75, 3.05) is 7.05 Å². The predicted molar refractivity (Wildman–Crippen MR) is 102 cm³/mol. The third-order valence-corrected chi connectivity index (χ3v) is 4.71. The number of para-hydroxylation sites is 1. The van der Waals surface area contributed by atoms with Crippen molar-refractivity contribution in [1.29, 1.82) is 0 Å². The normalized spacial score (nSPS) is 12.5. The van der Waals surface area contributed by atoms with Crippen LogP contribution in [0.3, 0.4) is 0 Å². The maximum atomic E-state index is 10.8. The maximum Gasteiger partial charge on any atom is 0.269 e. The Morgan fingerprint density at radius 3 is 2.64 bits per heavy atom. The van der Waals surface area contributed by atoms with Crippen molar-refractivity contribution in [1.82, 2.24) is 15.0 Å². The Hall–Kier alpha value is -3.52. The number of fused-ring (bicyclic) bond motifs is 1. The van der Waals surface area contributed by atoms with E-state index >= 15 is 0 Å². The lowest BCUT2D eigenvalue weighted by atomic mass is 10.2. The molecule has 2 aromatic heterocycles. The van der Waals surface area contributed by atoms with Gasteiger partial charge in [0.25, 0.3) is 5.69 Å². The largest absolute Gasteiger partial charge is 0.459 e. The lowest BCUT2D eigenvalue weighted by molar-refractivity contribution is -0.384. The molecule has 1 atom stereocenters. The molecule has 1 unspecified atom stereocenters. The van der Waals surface area contributed by atoms with Crippen molar-refractivity contribution in [3.63, 3.8) is 0 Å². The van der Waals surface area contributed by atoms with Crippen LogP contribution in [0.1, 0.15) is 24.6 Å². The number of nitro benzene ring substituents is 1. The highest BCUT2D eigenvalue weighted by Crippen LogP contribution is 2.27. The quantitative estimate of drug-likeness (QED) is 0.357. The summed E-state index contributed by atoms with van der Waals surface area (Å²) in [5, 5.41) is 15.8. The van der Waals surface area contributed by atoms with Gasteiger partial charge in [0.05, 0.1) is 17.5 Å². The average Bonchev–Trinajstić information content (AvgIpc) is 3.34. The minimum atomic E-state index is -0.445. The van der Waals surface area contributed by atoms with Gasteiger partial charge in [-0.1, -0.05) is 23.4 Å². The highest BCUT2D eigenvalue weighted by molar-refractivity contribution is 5.77. The zero-order chi connectivity index (χ0) is 19.7. The van der Waals surface area contributed by atoms with Crippen molar-refractivity contribution >= 4 is 16.7 Å². The van der Waals surface area contributed by atoms with Crippen LogP contribution in [0.4, 0.5) is 5.69 Å². The van der Waals surface area contributed by atoms with E-state index in [-0.39, 0.29) is 11.7 Å². The summed E-state index contributed by atoms with van der Waals surface area (Å²) in [6.07, 6.45) is 0. The molecule has 0 spiro atoms. The maximum absolute atomic E-state index is 10.8. The molecular formula is C20H18N4O4. The van der Waals surface area contributed by atoms with E-state index in [1.807, 2.05) is 49.2 Å². The number of non-ortho nitro benzene ring substituents is 1. The van der Waals surface area contributed by atoms with E-state index in [0.29, 0.717) is 23.8 Å². The molecule has 4 aromatic rings. The Kier molecular flexibility index (Phi) is 4.62. The predicted octanol–water partition coefficient (Wildman–Crippen LogP) is 4.58. The van der Waals surface area contributed by atoms with Crippen molar-refractivity contribution in [2.45, 2.75) is 19.5 Å². The molecule has 0 aliphatic rings. The highest BCUT2D eigenvalue weighted by atomic mass is 16.6. The van der Waals surface area contributed by atoms with Crippen LogP contribution in [0.2, 0.25) is 0 Å². The van der Waals surface area contributed by atoms with E-state index in [4.69, 9.17) is 8.94 Å². The zero-order valence-corrected chi connectivity index (χ0v) is 15.4. The Morgan fingerprint density at radius 1 is 1.18 bits per heavy atom. The van der Waals surface area contributed by atoms with Gasteiger partial charge in [-0.3, -0.25) is 15.0 Å². The fourth-order valence-corrected chi connectivity index (χ4v) is 2.94. The van der Waals surface area contributed by atoms with Gasteiger partial charge in [0, 0.05) is 23.1 Å². The molecule has 0 radical (unpaired) electrons. The van der Waals surface area contributed by atoms with E-state index < -0.39 is 4.92 Å². The van der Waals surface area contributed by atoms with Crippen molar-refractivity contribution in [3.05, 3.63) is 76.4 Å². The minimum Gasteiger partial charge on any atom is -0.459 e. The Morgan fingerprint density at radius 2 is 1.93 bits per heavy atom. The first-order chi connectivity index (χ1) is 13.5. The van der Waals surface area contributed by atoms with Gasteiger partial charge in [-0.05, 0) is 38.2 Å². The molecule has 2 heterocycles. The standard InChI is InChI=1S/C20H18N4O4/c1-13(18-11-15-5-3-4-6-17(15)27-18)23(2)12-19-21-20(22-28-19)14-7-9-16(10-8-14)24(25)26/h3-11,13H,12H2,1-2H3. The van der Waals surface area contributed by atoms with E-state index in [1.165, 1.54) is 12.1 Å². The smallest absolute Gasteiger partial charge is 0.269 e. The molecule has 0 aliphatic heterocycles. The Bertz CT molecular complexity index is 1080. The number of hydrogen-bond acceptors (Lipinski definition) is 7. The molecule has 4 rings (SSSR count). The highest BCUT2D eigenvalue weighted by Gasteiger charge is 2.19. The molecule has 2 aromatic carbocycles. The third-order valence-electron chi connectivity index (χ3n) is 4.71. The lowest BCUT2D eigenvalue weighted by Gasteiger charge is -2.20. The molecule has 142 valence electrons. The number of nitrogens with zero attached hydrogens (tertiary/aromatic N) is 4. The van der Waals surface area contributed by atoms with Crippen molar-refractivity contribution in [3.8, 4) is 11.4 Å². The topological polar surface area (TPSA) is 98.4 Å². The summed E-state index contributed by atoms with van der Waals surface area (Å²) < 4.78 is 11.3. The van der Waals surface area contributed by atoms with Crippen LogP contribution >= 0.6 is 0 Å². The van der Waals surface area contributed by atoms with Gasteiger partial charge in [0.15, 0.2) is 0 Å². The third kappa shape index (κ3) is 3.49. The molecule has 0 saturated heterocycles. The summed E-state index contributed by atoms with van der Waals surface area (Å²) in [5.74, 6) is 1.72. The summed E-state index contributed by atoms with van der Waals surface area (Å²) in [7, 11) is 1.95. The Balaban J connectivity index is 1.47. The fourth-order valence-electron chi connectivity index (χ4n) is 2.94. The average molecular weight is 378 g/mol. The van der Waals surface area contributed by atoms with Crippen LogP contribution in [-0.4, -0.2) is 27.0 Å². The summed E-state index contributed by atoms with van der Waals surface area (Å²) in [5.41, 5.74) is 1.54. The van der Waals surface area contributed by atoms with Crippen LogP contribution in [0.5, 0.6) is 0 Å². The van der Waals surface area contributed by atoms with Gasteiger partial charge in [-0.15, -0.1) is 0 Å². The molecule has 0 bridgehead atoms. The number of nitro groups is 1. The van der Waals surface area contributed by atoms with Crippen molar-refractivity contribution < 1.29 is 13.9 Å². The van der Waals surface area contributed by atoms with Gasteiger partial charge in [-0.25, -0.2) is 0 Å². The van der Waals surface area contributed by atoms with E-state index in [0.717, 1.165) is 16.7 Å². The number of furan rings is 1. The summed E-state index contributed by atoms with van der Waals surface area (Å²) >= 11 is 0. The second-order valence-electron chi connectivity index (χ2n) is 6.59.